The quantitative estimate of drug-likeness (QED) is 0.179. The van der Waals surface area contributed by atoms with Gasteiger partial charge in [0.05, 0.1) is 11.6 Å². The maximum Gasteiger partial charge on any atom is 0.266 e. The highest BCUT2D eigenvalue weighted by Gasteiger charge is 2.16. The van der Waals surface area contributed by atoms with Crippen LogP contribution in [0, 0.1) is 25.2 Å². The zero-order valence-electron chi connectivity index (χ0n) is 20.6. The highest BCUT2D eigenvalue weighted by molar-refractivity contribution is 9.10. The molecule has 0 saturated heterocycles. The van der Waals surface area contributed by atoms with Crippen LogP contribution in [0.1, 0.15) is 22.3 Å². The fourth-order valence-electron chi connectivity index (χ4n) is 3.99. The summed E-state index contributed by atoms with van der Waals surface area (Å²) >= 11 is 9.71. The summed E-state index contributed by atoms with van der Waals surface area (Å²) in [6, 6.07) is 23.1. The molecule has 4 aromatic carbocycles. The van der Waals surface area contributed by atoms with E-state index in [-0.39, 0.29) is 5.57 Å². The van der Waals surface area contributed by atoms with E-state index in [1.54, 1.807) is 44.4 Å². The number of nitriles is 1. The van der Waals surface area contributed by atoms with Crippen molar-refractivity contribution in [3.05, 3.63) is 104 Å². The summed E-state index contributed by atoms with van der Waals surface area (Å²) < 4.78 is 12.5. The number of nitrogens with one attached hydrogen (secondary N) is 1. The van der Waals surface area contributed by atoms with E-state index < -0.39 is 5.91 Å². The largest absolute Gasteiger partial charge is 0.493 e. The van der Waals surface area contributed by atoms with Crippen molar-refractivity contribution < 1.29 is 14.3 Å². The molecular weight excluding hydrogens is 552 g/mol. The molecule has 0 aliphatic heterocycles. The Hall–Kier alpha value is -3.79. The van der Waals surface area contributed by atoms with Gasteiger partial charge in [-0.1, -0.05) is 54.1 Å². The predicted octanol–water partition coefficient (Wildman–Crippen LogP) is 8.01. The van der Waals surface area contributed by atoms with Crippen LogP contribution in [-0.2, 0) is 11.4 Å². The average Bonchev–Trinajstić information content (AvgIpc) is 2.89. The molecule has 0 heterocycles. The molecule has 0 fully saturated rings. The molecule has 0 aliphatic carbocycles. The van der Waals surface area contributed by atoms with Crippen LogP contribution in [0.5, 0.6) is 11.5 Å². The lowest BCUT2D eigenvalue weighted by Crippen LogP contribution is -2.14. The second kappa shape index (κ2) is 11.5. The smallest absolute Gasteiger partial charge is 0.266 e. The van der Waals surface area contributed by atoms with Crippen molar-refractivity contribution in [3.63, 3.8) is 0 Å². The lowest BCUT2D eigenvalue weighted by atomic mass is 10.0. The van der Waals surface area contributed by atoms with E-state index in [0.717, 1.165) is 27.5 Å². The summed E-state index contributed by atoms with van der Waals surface area (Å²) in [5, 5.41) is 15.2. The third-order valence-corrected chi connectivity index (χ3v) is 7.08. The second-order valence-corrected chi connectivity index (χ2v) is 9.70. The first-order valence-electron chi connectivity index (χ1n) is 11.5. The van der Waals surface area contributed by atoms with E-state index in [4.69, 9.17) is 21.1 Å². The van der Waals surface area contributed by atoms with Crippen LogP contribution in [0.3, 0.4) is 0 Å². The summed E-state index contributed by atoms with van der Waals surface area (Å²) in [7, 11) is 1.55. The number of benzene rings is 4. The van der Waals surface area contributed by atoms with Crippen LogP contribution < -0.4 is 14.8 Å². The van der Waals surface area contributed by atoms with E-state index in [0.29, 0.717) is 38.9 Å². The fourth-order valence-corrected chi connectivity index (χ4v) is 4.74. The molecule has 0 unspecified atom stereocenters. The molecule has 186 valence electrons. The number of hydrogen-bond donors (Lipinski definition) is 1. The van der Waals surface area contributed by atoms with Gasteiger partial charge in [-0.05, 0) is 87.6 Å². The number of rotatable bonds is 7. The number of carbonyl (C=O) groups is 1. The number of nitrogens with zero attached hydrogens (tertiary/aromatic N) is 1. The average molecular weight is 576 g/mol. The zero-order chi connectivity index (χ0) is 26.5. The Morgan fingerprint density at radius 1 is 1.11 bits per heavy atom. The number of carbonyl (C=O) groups excluding carboxylic acids is 1. The van der Waals surface area contributed by atoms with Crippen molar-refractivity contribution in [1.82, 2.24) is 0 Å². The molecule has 1 N–H and O–H groups in total. The Kier molecular flexibility index (Phi) is 8.17. The van der Waals surface area contributed by atoms with Gasteiger partial charge in [0.1, 0.15) is 18.2 Å². The molecule has 0 aromatic heterocycles. The molecule has 0 radical (unpaired) electrons. The Balaban J connectivity index is 1.60. The standard InChI is InChI=1S/C30H24BrClN2O3/c1-18-11-12-21-7-4-5-8-23(21)24(18)17-37-29-25(31)14-20(15-28(29)36-3)13-22(16-33)30(35)34-27-10-6-9-26(32)19(27)2/h4-15H,17H2,1-3H3,(H,34,35)/b22-13+. The fraction of sp³-hybridized carbons (Fsp3) is 0.133. The maximum atomic E-state index is 12.8. The van der Waals surface area contributed by atoms with Gasteiger partial charge in [0, 0.05) is 16.3 Å². The van der Waals surface area contributed by atoms with Gasteiger partial charge in [-0.2, -0.15) is 5.26 Å². The van der Waals surface area contributed by atoms with Gasteiger partial charge in [0.15, 0.2) is 11.5 Å². The molecule has 0 saturated carbocycles. The lowest BCUT2D eigenvalue weighted by molar-refractivity contribution is -0.112. The number of anilines is 1. The molecule has 0 spiro atoms. The number of fused-ring (bicyclic) bond motifs is 1. The van der Waals surface area contributed by atoms with Gasteiger partial charge >= 0.3 is 0 Å². The SMILES string of the molecule is COc1cc(/C=C(\C#N)C(=O)Nc2cccc(Cl)c2C)cc(Br)c1OCc1c(C)ccc2ccccc12. The van der Waals surface area contributed by atoms with Gasteiger partial charge in [0.25, 0.3) is 5.91 Å². The number of amides is 1. The minimum Gasteiger partial charge on any atom is -0.493 e. The van der Waals surface area contributed by atoms with E-state index in [1.807, 2.05) is 18.2 Å². The van der Waals surface area contributed by atoms with Gasteiger partial charge in [-0.3, -0.25) is 4.79 Å². The van der Waals surface area contributed by atoms with Crippen molar-refractivity contribution in [1.29, 1.82) is 5.26 Å². The molecule has 5 nitrogen and oxygen atoms in total. The first kappa shape index (κ1) is 26.3. The van der Waals surface area contributed by atoms with Crippen LogP contribution in [-0.4, -0.2) is 13.0 Å². The van der Waals surface area contributed by atoms with Gasteiger partial charge in [0.2, 0.25) is 0 Å². The summed E-state index contributed by atoms with van der Waals surface area (Å²) in [6.07, 6.45) is 1.50. The van der Waals surface area contributed by atoms with Crippen molar-refractivity contribution in [2.75, 3.05) is 12.4 Å². The topological polar surface area (TPSA) is 71.3 Å². The molecule has 0 aliphatic rings. The zero-order valence-corrected chi connectivity index (χ0v) is 22.9. The van der Waals surface area contributed by atoms with E-state index in [2.05, 4.69) is 52.4 Å². The van der Waals surface area contributed by atoms with Crippen molar-refractivity contribution in [3.8, 4) is 17.6 Å². The molecule has 37 heavy (non-hydrogen) atoms. The Morgan fingerprint density at radius 3 is 2.65 bits per heavy atom. The first-order chi connectivity index (χ1) is 17.8. The van der Waals surface area contributed by atoms with Crippen LogP contribution in [0.15, 0.2) is 76.8 Å². The van der Waals surface area contributed by atoms with Gasteiger partial charge < -0.3 is 14.8 Å². The van der Waals surface area contributed by atoms with Crippen molar-refractivity contribution in [2.24, 2.45) is 0 Å². The summed E-state index contributed by atoms with van der Waals surface area (Å²) in [5.41, 5.74) is 4.04. The minimum atomic E-state index is -0.533. The number of methoxy groups -OCH3 is 1. The highest BCUT2D eigenvalue weighted by Crippen LogP contribution is 2.38. The Labute approximate surface area is 229 Å². The van der Waals surface area contributed by atoms with Gasteiger partial charge in [-0.15, -0.1) is 0 Å². The lowest BCUT2D eigenvalue weighted by Gasteiger charge is -2.16. The van der Waals surface area contributed by atoms with E-state index in [9.17, 15) is 10.1 Å². The summed E-state index contributed by atoms with van der Waals surface area (Å²) in [5.74, 6) is 0.473. The van der Waals surface area contributed by atoms with Crippen molar-refractivity contribution in [2.45, 2.75) is 20.5 Å². The number of hydrogen-bond acceptors (Lipinski definition) is 4. The second-order valence-electron chi connectivity index (χ2n) is 8.44. The molecule has 7 heteroatoms. The van der Waals surface area contributed by atoms with Crippen LogP contribution in [0.2, 0.25) is 5.02 Å². The molecule has 1 amide bonds. The molecular formula is C30H24BrClN2O3. The van der Waals surface area contributed by atoms with Crippen LogP contribution in [0.4, 0.5) is 5.69 Å². The third-order valence-electron chi connectivity index (χ3n) is 6.08. The van der Waals surface area contributed by atoms with Gasteiger partial charge in [-0.25, -0.2) is 0 Å². The first-order valence-corrected chi connectivity index (χ1v) is 12.6. The molecule has 0 atom stereocenters. The van der Waals surface area contributed by atoms with Crippen molar-refractivity contribution >= 4 is 56.0 Å². The summed E-state index contributed by atoms with van der Waals surface area (Å²) in [6.45, 7) is 4.21. The number of aryl methyl sites for hydroxylation is 1. The highest BCUT2D eigenvalue weighted by atomic mass is 79.9. The molecule has 4 rings (SSSR count). The van der Waals surface area contributed by atoms with Crippen LogP contribution in [0.25, 0.3) is 16.8 Å². The molecule has 0 bridgehead atoms. The number of ether oxygens (including phenoxy) is 2. The van der Waals surface area contributed by atoms with Crippen LogP contribution >= 0.6 is 27.5 Å². The third kappa shape index (κ3) is 5.80. The van der Waals surface area contributed by atoms with E-state index >= 15 is 0 Å². The van der Waals surface area contributed by atoms with E-state index in [1.165, 1.54) is 6.08 Å². The number of halogens is 2. The predicted molar refractivity (Wildman–Crippen MR) is 152 cm³/mol. The maximum absolute atomic E-state index is 12.8. The normalized spacial score (nSPS) is 11.2. The molecule has 4 aromatic rings. The minimum absolute atomic E-state index is 0.0617. The Morgan fingerprint density at radius 2 is 1.89 bits per heavy atom. The monoisotopic (exact) mass is 574 g/mol. The Bertz CT molecular complexity index is 1570. The summed E-state index contributed by atoms with van der Waals surface area (Å²) in [4.78, 5) is 12.8.